The van der Waals surface area contributed by atoms with Crippen LogP contribution in [0.3, 0.4) is 0 Å². The van der Waals surface area contributed by atoms with E-state index in [2.05, 4.69) is 29.3 Å². The number of nitrogens with one attached hydrogen (secondary N) is 1. The van der Waals surface area contributed by atoms with Crippen LogP contribution in [0.2, 0.25) is 0 Å². The van der Waals surface area contributed by atoms with Crippen molar-refractivity contribution in [2.24, 2.45) is 0 Å². The molecule has 0 aromatic heterocycles. The zero-order valence-electron chi connectivity index (χ0n) is 17.2. The summed E-state index contributed by atoms with van der Waals surface area (Å²) in [6, 6.07) is 13.8. The molecular formula is C23H30N2O3. The number of carbonyl (C=O) groups excluding carboxylic acids is 1. The van der Waals surface area contributed by atoms with Crippen molar-refractivity contribution in [3.05, 3.63) is 59.7 Å². The predicted octanol–water partition coefficient (Wildman–Crippen LogP) is 4.38. The fourth-order valence-electron chi connectivity index (χ4n) is 3.11. The smallest absolute Gasteiger partial charge is 0.251 e. The second kappa shape index (κ2) is 11.0. The van der Waals surface area contributed by atoms with Gasteiger partial charge in [-0.25, -0.2) is 0 Å². The van der Waals surface area contributed by atoms with E-state index in [0.717, 1.165) is 25.1 Å². The number of para-hydroxylation sites is 1. The van der Waals surface area contributed by atoms with Crippen molar-refractivity contribution in [2.45, 2.75) is 20.3 Å². The van der Waals surface area contributed by atoms with Crippen LogP contribution >= 0.6 is 0 Å². The highest BCUT2D eigenvalue weighted by Crippen LogP contribution is 2.33. The van der Waals surface area contributed by atoms with Gasteiger partial charge >= 0.3 is 0 Å². The Morgan fingerprint density at radius 1 is 1.14 bits per heavy atom. The third-order valence-electron chi connectivity index (χ3n) is 4.51. The maximum Gasteiger partial charge on any atom is 0.251 e. The molecule has 0 saturated heterocycles. The fraction of sp³-hybridized carbons (Fsp3) is 0.348. The Hall–Kier alpha value is -2.95. The van der Waals surface area contributed by atoms with E-state index in [-0.39, 0.29) is 5.91 Å². The highest BCUT2D eigenvalue weighted by molar-refractivity contribution is 5.95. The SMILES string of the molecule is C/C=C/c1cc(C(=O)NCCCN(CC)c2ccccc2)cc(OC)c1OC. The van der Waals surface area contributed by atoms with E-state index in [4.69, 9.17) is 9.47 Å². The third kappa shape index (κ3) is 5.52. The molecular weight excluding hydrogens is 352 g/mol. The van der Waals surface area contributed by atoms with Gasteiger partial charge in [-0.3, -0.25) is 4.79 Å². The van der Waals surface area contributed by atoms with E-state index in [1.807, 2.05) is 43.3 Å². The van der Waals surface area contributed by atoms with Gasteiger partial charge in [-0.2, -0.15) is 0 Å². The Labute approximate surface area is 168 Å². The Morgan fingerprint density at radius 3 is 2.50 bits per heavy atom. The van der Waals surface area contributed by atoms with Crippen LogP contribution in [-0.2, 0) is 0 Å². The molecule has 0 heterocycles. The second-order valence-electron chi connectivity index (χ2n) is 6.33. The summed E-state index contributed by atoms with van der Waals surface area (Å²) in [5.41, 5.74) is 2.57. The molecule has 0 fully saturated rings. The van der Waals surface area contributed by atoms with Gasteiger partial charge in [-0.1, -0.05) is 30.4 Å². The first-order chi connectivity index (χ1) is 13.6. The summed E-state index contributed by atoms with van der Waals surface area (Å²) in [5.74, 6) is 1.05. The van der Waals surface area contributed by atoms with E-state index in [1.54, 1.807) is 20.3 Å². The summed E-state index contributed by atoms with van der Waals surface area (Å²) in [4.78, 5) is 14.9. The zero-order valence-corrected chi connectivity index (χ0v) is 17.2. The first kappa shape index (κ1) is 21.4. The highest BCUT2D eigenvalue weighted by atomic mass is 16.5. The highest BCUT2D eigenvalue weighted by Gasteiger charge is 2.15. The normalized spacial score (nSPS) is 10.7. The van der Waals surface area contributed by atoms with Crippen molar-refractivity contribution in [1.29, 1.82) is 0 Å². The van der Waals surface area contributed by atoms with E-state index in [9.17, 15) is 4.79 Å². The minimum absolute atomic E-state index is 0.116. The van der Waals surface area contributed by atoms with E-state index >= 15 is 0 Å². The lowest BCUT2D eigenvalue weighted by Gasteiger charge is -2.23. The van der Waals surface area contributed by atoms with Crippen molar-refractivity contribution in [3.8, 4) is 11.5 Å². The number of rotatable bonds is 10. The first-order valence-electron chi connectivity index (χ1n) is 9.61. The second-order valence-corrected chi connectivity index (χ2v) is 6.33. The van der Waals surface area contributed by atoms with Crippen molar-refractivity contribution in [3.63, 3.8) is 0 Å². The number of anilines is 1. The standard InChI is InChI=1S/C23H30N2O3/c1-5-11-18-16-19(17-21(27-3)22(18)28-4)23(26)24-14-10-15-25(6-2)20-12-8-7-9-13-20/h5,7-9,11-13,16-17H,6,10,14-15H2,1-4H3,(H,24,26)/b11-5+. The Balaban J connectivity index is 1.98. The van der Waals surface area contributed by atoms with Gasteiger partial charge in [-0.05, 0) is 44.5 Å². The molecule has 0 aliphatic heterocycles. The Bertz CT molecular complexity index is 788. The van der Waals surface area contributed by atoms with Gasteiger partial charge in [-0.15, -0.1) is 0 Å². The number of amides is 1. The Kier molecular flexibility index (Phi) is 8.40. The summed E-state index contributed by atoms with van der Waals surface area (Å²) >= 11 is 0. The quantitative estimate of drug-likeness (QED) is 0.620. The van der Waals surface area contributed by atoms with Crippen molar-refractivity contribution in [1.82, 2.24) is 5.32 Å². The van der Waals surface area contributed by atoms with E-state index in [1.165, 1.54) is 5.69 Å². The molecule has 0 aliphatic carbocycles. The van der Waals surface area contributed by atoms with Gasteiger partial charge in [0.05, 0.1) is 14.2 Å². The van der Waals surface area contributed by atoms with Crippen LogP contribution in [0.15, 0.2) is 48.5 Å². The van der Waals surface area contributed by atoms with Crippen LogP contribution in [0.4, 0.5) is 5.69 Å². The molecule has 2 rings (SSSR count). The monoisotopic (exact) mass is 382 g/mol. The number of ether oxygens (including phenoxy) is 2. The summed E-state index contributed by atoms with van der Waals surface area (Å²) in [5, 5.41) is 3.00. The average molecular weight is 383 g/mol. The van der Waals surface area contributed by atoms with Gasteiger partial charge in [0.1, 0.15) is 0 Å². The molecule has 1 N–H and O–H groups in total. The molecule has 2 aromatic rings. The van der Waals surface area contributed by atoms with Crippen LogP contribution in [-0.4, -0.2) is 39.8 Å². The predicted molar refractivity (Wildman–Crippen MR) is 116 cm³/mol. The van der Waals surface area contributed by atoms with E-state index in [0.29, 0.717) is 23.6 Å². The molecule has 0 bridgehead atoms. The van der Waals surface area contributed by atoms with E-state index < -0.39 is 0 Å². The van der Waals surface area contributed by atoms with Crippen LogP contribution in [0.1, 0.15) is 36.2 Å². The van der Waals surface area contributed by atoms with Gasteiger partial charge < -0.3 is 19.7 Å². The van der Waals surface area contributed by atoms with Crippen LogP contribution < -0.4 is 19.7 Å². The van der Waals surface area contributed by atoms with Crippen LogP contribution in [0.5, 0.6) is 11.5 Å². The van der Waals surface area contributed by atoms with Crippen molar-refractivity contribution >= 4 is 17.7 Å². The molecule has 150 valence electrons. The summed E-state index contributed by atoms with van der Waals surface area (Å²) in [6.45, 7) is 6.48. The zero-order chi connectivity index (χ0) is 20.4. The molecule has 0 atom stereocenters. The lowest BCUT2D eigenvalue weighted by Crippen LogP contribution is -2.30. The number of carbonyl (C=O) groups is 1. The molecule has 0 unspecified atom stereocenters. The number of methoxy groups -OCH3 is 2. The lowest BCUT2D eigenvalue weighted by molar-refractivity contribution is 0.0953. The van der Waals surface area contributed by atoms with Gasteiger partial charge in [0.2, 0.25) is 0 Å². The number of nitrogens with zero attached hydrogens (tertiary/aromatic N) is 1. The minimum Gasteiger partial charge on any atom is -0.493 e. The molecule has 5 nitrogen and oxygen atoms in total. The molecule has 5 heteroatoms. The number of benzene rings is 2. The molecule has 0 saturated carbocycles. The minimum atomic E-state index is -0.116. The molecule has 0 aliphatic rings. The van der Waals surface area contributed by atoms with Crippen LogP contribution in [0, 0.1) is 0 Å². The molecule has 0 radical (unpaired) electrons. The summed E-state index contributed by atoms with van der Waals surface area (Å²) < 4.78 is 10.8. The fourth-order valence-corrected chi connectivity index (χ4v) is 3.11. The third-order valence-corrected chi connectivity index (χ3v) is 4.51. The largest absolute Gasteiger partial charge is 0.493 e. The average Bonchev–Trinajstić information content (AvgIpc) is 2.73. The number of hydrogen-bond donors (Lipinski definition) is 1. The molecule has 0 spiro atoms. The maximum absolute atomic E-state index is 12.6. The van der Waals surface area contributed by atoms with Crippen molar-refractivity contribution < 1.29 is 14.3 Å². The van der Waals surface area contributed by atoms with Crippen molar-refractivity contribution in [2.75, 3.05) is 38.8 Å². The van der Waals surface area contributed by atoms with Gasteiger partial charge in [0.15, 0.2) is 11.5 Å². The molecule has 1 amide bonds. The van der Waals surface area contributed by atoms with Crippen LogP contribution in [0.25, 0.3) is 6.08 Å². The lowest BCUT2D eigenvalue weighted by atomic mass is 10.1. The summed E-state index contributed by atoms with van der Waals surface area (Å²) in [7, 11) is 3.17. The maximum atomic E-state index is 12.6. The van der Waals surface area contributed by atoms with Gasteiger partial charge in [0, 0.05) is 36.4 Å². The Morgan fingerprint density at radius 2 is 1.89 bits per heavy atom. The first-order valence-corrected chi connectivity index (χ1v) is 9.61. The number of hydrogen-bond acceptors (Lipinski definition) is 4. The molecule has 2 aromatic carbocycles. The van der Waals surface area contributed by atoms with Gasteiger partial charge in [0.25, 0.3) is 5.91 Å². The topological polar surface area (TPSA) is 50.8 Å². The molecule has 28 heavy (non-hydrogen) atoms. The summed E-state index contributed by atoms with van der Waals surface area (Å²) in [6.07, 6.45) is 4.67. The number of allylic oxidation sites excluding steroid dienone is 1.